The summed E-state index contributed by atoms with van der Waals surface area (Å²) in [6.07, 6.45) is 1.20. The van der Waals surface area contributed by atoms with E-state index < -0.39 is 0 Å². The van der Waals surface area contributed by atoms with E-state index in [1.54, 1.807) is 0 Å². The van der Waals surface area contributed by atoms with Crippen LogP contribution in [0.1, 0.15) is 52.6 Å². The predicted molar refractivity (Wildman–Crippen MR) is 71.5 cm³/mol. The van der Waals surface area contributed by atoms with Crippen LogP contribution in [0.3, 0.4) is 0 Å². The molecule has 1 aromatic rings. The fourth-order valence-electron chi connectivity index (χ4n) is 1.92. The Hall–Kier alpha value is -0.820. The van der Waals surface area contributed by atoms with Gasteiger partial charge in [-0.3, -0.25) is 0 Å². The van der Waals surface area contributed by atoms with Crippen LogP contribution < -0.4 is 5.32 Å². The quantitative estimate of drug-likeness (QED) is 0.801. The average molecular weight is 219 g/mol. The highest BCUT2D eigenvalue weighted by Gasteiger charge is 2.22. The maximum absolute atomic E-state index is 3.72. The second-order valence-electron chi connectivity index (χ2n) is 5.67. The van der Waals surface area contributed by atoms with Crippen molar-refractivity contribution in [1.29, 1.82) is 0 Å². The summed E-state index contributed by atoms with van der Waals surface area (Å²) in [5.41, 5.74) is 1.55. The van der Waals surface area contributed by atoms with Gasteiger partial charge in [0.15, 0.2) is 0 Å². The summed E-state index contributed by atoms with van der Waals surface area (Å²) in [6.45, 7) is 11.3. The lowest BCUT2D eigenvalue weighted by Gasteiger charge is -2.32. The molecule has 0 aliphatic rings. The molecule has 1 nitrogen and oxygen atoms in total. The molecule has 1 N–H and O–H groups in total. The Morgan fingerprint density at radius 1 is 1.12 bits per heavy atom. The number of hydrogen-bond donors (Lipinski definition) is 1. The summed E-state index contributed by atoms with van der Waals surface area (Å²) in [6, 6.07) is 11.2. The summed E-state index contributed by atoms with van der Waals surface area (Å²) in [4.78, 5) is 0. The van der Waals surface area contributed by atoms with Gasteiger partial charge in [0.05, 0.1) is 0 Å². The fraction of sp³-hybridized carbons (Fsp3) is 0.600. The molecule has 16 heavy (non-hydrogen) atoms. The molecule has 0 fully saturated rings. The monoisotopic (exact) mass is 219 g/mol. The molecule has 0 spiro atoms. The van der Waals surface area contributed by atoms with Crippen LogP contribution in [0.15, 0.2) is 30.3 Å². The molecule has 0 bridgehead atoms. The first kappa shape index (κ1) is 13.2. The van der Waals surface area contributed by atoms with Crippen LogP contribution in [0.4, 0.5) is 0 Å². The summed E-state index contributed by atoms with van der Waals surface area (Å²) in [5, 5.41) is 3.72. The summed E-state index contributed by atoms with van der Waals surface area (Å²) in [5.74, 6) is 0.654. The van der Waals surface area contributed by atoms with E-state index in [1.165, 1.54) is 12.0 Å². The molecule has 0 heterocycles. The molecule has 2 atom stereocenters. The van der Waals surface area contributed by atoms with Gasteiger partial charge in [0.1, 0.15) is 0 Å². The average Bonchev–Trinajstić information content (AvgIpc) is 2.25. The third-order valence-corrected chi connectivity index (χ3v) is 2.96. The Balaban J connectivity index is 2.88. The fourth-order valence-corrected chi connectivity index (χ4v) is 1.92. The first-order valence-electron chi connectivity index (χ1n) is 6.26. The van der Waals surface area contributed by atoms with E-state index in [1.807, 2.05) is 0 Å². The Labute approximate surface area is 100 Å². The van der Waals surface area contributed by atoms with Crippen molar-refractivity contribution in [3.05, 3.63) is 35.9 Å². The zero-order valence-electron chi connectivity index (χ0n) is 11.2. The molecule has 1 rings (SSSR count). The summed E-state index contributed by atoms with van der Waals surface area (Å²) < 4.78 is 0. The van der Waals surface area contributed by atoms with Crippen molar-refractivity contribution in [2.75, 3.05) is 0 Å². The molecule has 0 aromatic heterocycles. The van der Waals surface area contributed by atoms with Gasteiger partial charge in [0, 0.05) is 11.6 Å². The minimum absolute atomic E-state index is 0.157. The van der Waals surface area contributed by atoms with E-state index in [-0.39, 0.29) is 5.54 Å². The maximum atomic E-state index is 3.72. The van der Waals surface area contributed by atoms with Gasteiger partial charge in [-0.2, -0.15) is 0 Å². The lowest BCUT2D eigenvalue weighted by molar-refractivity contribution is 0.291. The van der Waals surface area contributed by atoms with Gasteiger partial charge in [0.2, 0.25) is 0 Å². The molecule has 1 heteroatoms. The van der Waals surface area contributed by atoms with Crippen LogP contribution in [0, 0.1) is 5.92 Å². The second kappa shape index (κ2) is 5.49. The molecule has 0 saturated carbocycles. The van der Waals surface area contributed by atoms with E-state index in [0.717, 1.165) is 0 Å². The van der Waals surface area contributed by atoms with Crippen molar-refractivity contribution in [3.8, 4) is 0 Å². The molecule has 0 radical (unpaired) electrons. The Morgan fingerprint density at radius 3 is 2.12 bits per heavy atom. The highest BCUT2D eigenvalue weighted by molar-refractivity contribution is 5.20. The van der Waals surface area contributed by atoms with Crippen molar-refractivity contribution in [2.24, 2.45) is 5.92 Å². The molecule has 1 aromatic carbocycles. The highest BCUT2D eigenvalue weighted by atomic mass is 15.0. The van der Waals surface area contributed by atoms with Gasteiger partial charge in [-0.05, 0) is 32.3 Å². The van der Waals surface area contributed by atoms with Crippen molar-refractivity contribution >= 4 is 0 Å². The minimum Gasteiger partial charge on any atom is -0.305 e. The molecule has 0 amide bonds. The third kappa shape index (κ3) is 3.97. The van der Waals surface area contributed by atoms with Gasteiger partial charge >= 0.3 is 0 Å². The Kier molecular flexibility index (Phi) is 4.55. The number of hydrogen-bond acceptors (Lipinski definition) is 1. The Morgan fingerprint density at radius 2 is 1.69 bits per heavy atom. The molecule has 0 aliphatic carbocycles. The van der Waals surface area contributed by atoms with E-state index >= 15 is 0 Å². The summed E-state index contributed by atoms with van der Waals surface area (Å²) >= 11 is 0. The van der Waals surface area contributed by atoms with Crippen molar-refractivity contribution in [1.82, 2.24) is 5.32 Å². The minimum atomic E-state index is 0.157. The highest BCUT2D eigenvalue weighted by Crippen LogP contribution is 2.26. The molecular weight excluding hydrogens is 194 g/mol. The van der Waals surface area contributed by atoms with Gasteiger partial charge in [-0.25, -0.2) is 0 Å². The van der Waals surface area contributed by atoms with Crippen LogP contribution >= 0.6 is 0 Å². The van der Waals surface area contributed by atoms with Gasteiger partial charge in [0.25, 0.3) is 0 Å². The smallest absolute Gasteiger partial charge is 0.0350 e. The lowest BCUT2D eigenvalue weighted by atomic mass is 9.90. The Bertz CT molecular complexity index is 297. The zero-order valence-corrected chi connectivity index (χ0v) is 11.2. The standard InChI is InChI=1S/C15H25N/c1-6-12(2)14(16-15(3,4)5)13-10-8-7-9-11-13/h7-12,14,16H,6H2,1-5H3. The predicted octanol–water partition coefficient (Wildman–Crippen LogP) is 4.16. The van der Waals surface area contributed by atoms with Crippen LogP contribution in [-0.4, -0.2) is 5.54 Å². The SMILES string of the molecule is CCC(C)C(NC(C)(C)C)c1ccccc1. The first-order chi connectivity index (χ1) is 7.44. The normalized spacial score (nSPS) is 15.8. The second-order valence-corrected chi connectivity index (χ2v) is 5.67. The topological polar surface area (TPSA) is 12.0 Å². The van der Waals surface area contributed by atoms with Gasteiger partial charge in [-0.15, -0.1) is 0 Å². The molecule has 90 valence electrons. The van der Waals surface area contributed by atoms with Crippen molar-refractivity contribution in [3.63, 3.8) is 0 Å². The van der Waals surface area contributed by atoms with Crippen LogP contribution in [0.2, 0.25) is 0 Å². The lowest BCUT2D eigenvalue weighted by Crippen LogP contribution is -2.41. The van der Waals surface area contributed by atoms with E-state index in [0.29, 0.717) is 12.0 Å². The third-order valence-electron chi connectivity index (χ3n) is 2.96. The molecule has 0 saturated heterocycles. The van der Waals surface area contributed by atoms with Gasteiger partial charge in [-0.1, -0.05) is 50.6 Å². The number of rotatable bonds is 4. The molecule has 2 unspecified atom stereocenters. The maximum Gasteiger partial charge on any atom is 0.0350 e. The molecule has 0 aliphatic heterocycles. The van der Waals surface area contributed by atoms with Crippen LogP contribution in [0.5, 0.6) is 0 Å². The van der Waals surface area contributed by atoms with Gasteiger partial charge < -0.3 is 5.32 Å². The van der Waals surface area contributed by atoms with E-state index in [4.69, 9.17) is 0 Å². The van der Waals surface area contributed by atoms with Crippen molar-refractivity contribution in [2.45, 2.75) is 52.6 Å². The van der Waals surface area contributed by atoms with Crippen LogP contribution in [-0.2, 0) is 0 Å². The van der Waals surface area contributed by atoms with E-state index in [9.17, 15) is 0 Å². The van der Waals surface area contributed by atoms with E-state index in [2.05, 4.69) is 70.3 Å². The zero-order chi connectivity index (χ0) is 12.2. The number of nitrogens with one attached hydrogen (secondary N) is 1. The summed E-state index contributed by atoms with van der Waals surface area (Å²) in [7, 11) is 0. The first-order valence-corrected chi connectivity index (χ1v) is 6.26. The largest absolute Gasteiger partial charge is 0.305 e. The number of benzene rings is 1. The van der Waals surface area contributed by atoms with Crippen LogP contribution in [0.25, 0.3) is 0 Å². The van der Waals surface area contributed by atoms with Crippen molar-refractivity contribution < 1.29 is 0 Å². The molecular formula is C15H25N.